The molecule has 1 N–H and O–H groups in total. The molecule has 2 rings (SSSR count). The van der Waals surface area contributed by atoms with Crippen LogP contribution < -0.4 is 0 Å². The summed E-state index contributed by atoms with van der Waals surface area (Å²) in [4.78, 5) is 25.2. The van der Waals surface area contributed by atoms with Crippen molar-refractivity contribution < 1.29 is 33.3 Å². The highest BCUT2D eigenvalue weighted by atomic mass is 19.1. The van der Waals surface area contributed by atoms with Crippen molar-refractivity contribution in [2.75, 3.05) is 33.4 Å². The van der Waals surface area contributed by atoms with Crippen molar-refractivity contribution in [3.8, 4) is 0 Å². The van der Waals surface area contributed by atoms with Crippen LogP contribution in [0.1, 0.15) is 22.8 Å². The third-order valence-corrected chi connectivity index (χ3v) is 3.80. The summed E-state index contributed by atoms with van der Waals surface area (Å²) < 4.78 is 29.3. The van der Waals surface area contributed by atoms with E-state index in [2.05, 4.69) is 0 Å². The van der Waals surface area contributed by atoms with Crippen LogP contribution in [0.2, 0.25) is 0 Å². The molecule has 2 atom stereocenters. The summed E-state index contributed by atoms with van der Waals surface area (Å²) in [5.74, 6) is -1.94. The molecule has 0 saturated carbocycles. The monoisotopic (exact) mass is 355 g/mol. The maximum atomic E-state index is 13.9. The first-order valence-electron chi connectivity index (χ1n) is 7.95. The second kappa shape index (κ2) is 8.89. The van der Waals surface area contributed by atoms with Gasteiger partial charge in [0.1, 0.15) is 5.82 Å². The fourth-order valence-electron chi connectivity index (χ4n) is 2.58. The molecule has 1 aliphatic heterocycles. The van der Waals surface area contributed by atoms with Crippen molar-refractivity contribution in [3.63, 3.8) is 0 Å². The average molecular weight is 355 g/mol. The van der Waals surface area contributed by atoms with Gasteiger partial charge in [-0.15, -0.1) is 0 Å². The van der Waals surface area contributed by atoms with E-state index in [-0.39, 0.29) is 36.7 Å². The van der Waals surface area contributed by atoms with E-state index < -0.39 is 24.0 Å². The molecule has 25 heavy (non-hydrogen) atoms. The molecule has 0 radical (unpaired) electrons. The van der Waals surface area contributed by atoms with Gasteiger partial charge in [0.2, 0.25) is 0 Å². The molecule has 1 fully saturated rings. The van der Waals surface area contributed by atoms with Crippen LogP contribution in [0.3, 0.4) is 0 Å². The Labute approximate surface area is 145 Å². The number of carbonyl (C=O) groups is 2. The SMILES string of the molecule is COCCOCc1cc(C(=O)N2CC(C(=O)O)O[C@H](C)C2)ccc1F. The molecule has 1 saturated heterocycles. The number of methoxy groups -OCH3 is 1. The normalized spacial score (nSPS) is 20.5. The molecule has 1 unspecified atom stereocenters. The molecule has 8 heteroatoms. The first-order chi connectivity index (χ1) is 11.9. The summed E-state index contributed by atoms with van der Waals surface area (Å²) in [6, 6.07) is 4.02. The zero-order chi connectivity index (χ0) is 18.4. The Balaban J connectivity index is 2.09. The minimum absolute atomic E-state index is 0.0214. The molecule has 1 aromatic rings. The van der Waals surface area contributed by atoms with E-state index in [9.17, 15) is 14.0 Å². The molecule has 7 nitrogen and oxygen atoms in total. The van der Waals surface area contributed by atoms with Gasteiger partial charge in [-0.2, -0.15) is 0 Å². The Morgan fingerprint density at radius 3 is 2.80 bits per heavy atom. The zero-order valence-corrected chi connectivity index (χ0v) is 14.2. The van der Waals surface area contributed by atoms with Crippen molar-refractivity contribution in [1.82, 2.24) is 4.90 Å². The van der Waals surface area contributed by atoms with Gasteiger partial charge in [-0.05, 0) is 25.1 Å². The van der Waals surface area contributed by atoms with Crippen molar-refractivity contribution >= 4 is 11.9 Å². The number of hydrogen-bond donors (Lipinski definition) is 1. The first kappa shape index (κ1) is 19.3. The number of nitrogens with zero attached hydrogens (tertiary/aromatic N) is 1. The standard InChI is InChI=1S/C17H22FNO6/c1-11-8-19(9-15(25-11)17(21)22)16(20)12-3-4-14(18)13(7-12)10-24-6-5-23-2/h3-4,7,11,15H,5-6,8-10H2,1-2H3,(H,21,22)/t11-,15?/m1/s1. The highest BCUT2D eigenvalue weighted by molar-refractivity contribution is 5.94. The lowest BCUT2D eigenvalue weighted by Gasteiger charge is -2.35. The third kappa shape index (κ3) is 5.22. The highest BCUT2D eigenvalue weighted by Gasteiger charge is 2.33. The largest absolute Gasteiger partial charge is 0.479 e. The Bertz CT molecular complexity index is 623. The minimum atomic E-state index is -1.12. The van der Waals surface area contributed by atoms with Gasteiger partial charge >= 0.3 is 5.97 Å². The molecule has 1 amide bonds. The number of halogens is 1. The summed E-state index contributed by atoms with van der Waals surface area (Å²) in [6.45, 7) is 2.66. The van der Waals surface area contributed by atoms with Crippen LogP contribution in [-0.2, 0) is 25.6 Å². The van der Waals surface area contributed by atoms with E-state index in [1.165, 1.54) is 30.2 Å². The number of hydrogen-bond acceptors (Lipinski definition) is 5. The van der Waals surface area contributed by atoms with Crippen LogP contribution in [0.15, 0.2) is 18.2 Å². The Morgan fingerprint density at radius 2 is 2.12 bits per heavy atom. The van der Waals surface area contributed by atoms with Crippen LogP contribution >= 0.6 is 0 Å². The molecule has 1 heterocycles. The van der Waals surface area contributed by atoms with Crippen molar-refractivity contribution in [2.24, 2.45) is 0 Å². The second-order valence-corrected chi connectivity index (χ2v) is 5.84. The quantitative estimate of drug-likeness (QED) is 0.742. The third-order valence-electron chi connectivity index (χ3n) is 3.80. The number of morpholine rings is 1. The number of amides is 1. The Hall–Kier alpha value is -2.03. The second-order valence-electron chi connectivity index (χ2n) is 5.84. The number of carboxylic acid groups (broad SMARTS) is 1. The molecule has 1 aromatic carbocycles. The first-order valence-corrected chi connectivity index (χ1v) is 7.95. The molecular formula is C17H22FNO6. The van der Waals surface area contributed by atoms with E-state index in [0.717, 1.165) is 0 Å². The fraction of sp³-hybridized carbons (Fsp3) is 0.529. The van der Waals surface area contributed by atoms with Crippen molar-refractivity contribution in [3.05, 3.63) is 35.1 Å². The smallest absolute Gasteiger partial charge is 0.334 e. The zero-order valence-electron chi connectivity index (χ0n) is 14.2. The van der Waals surface area contributed by atoms with E-state index in [0.29, 0.717) is 13.2 Å². The summed E-state index contributed by atoms with van der Waals surface area (Å²) in [5.41, 5.74) is 0.544. The van der Waals surface area contributed by atoms with Gasteiger partial charge in [0.15, 0.2) is 6.10 Å². The number of carboxylic acids is 1. The molecular weight excluding hydrogens is 333 g/mol. The van der Waals surface area contributed by atoms with E-state index >= 15 is 0 Å². The van der Waals surface area contributed by atoms with E-state index in [4.69, 9.17) is 19.3 Å². The molecule has 0 spiro atoms. The molecule has 0 bridgehead atoms. The van der Waals surface area contributed by atoms with Gasteiger partial charge in [0.25, 0.3) is 5.91 Å². The van der Waals surface area contributed by atoms with Crippen LogP contribution in [0.4, 0.5) is 4.39 Å². The number of benzene rings is 1. The highest BCUT2D eigenvalue weighted by Crippen LogP contribution is 2.18. The number of ether oxygens (including phenoxy) is 3. The molecule has 1 aliphatic rings. The van der Waals surface area contributed by atoms with Gasteiger partial charge in [0.05, 0.1) is 32.5 Å². The van der Waals surface area contributed by atoms with Gasteiger partial charge in [-0.1, -0.05) is 0 Å². The summed E-state index contributed by atoms with van der Waals surface area (Å²) >= 11 is 0. The van der Waals surface area contributed by atoms with Crippen molar-refractivity contribution in [2.45, 2.75) is 25.7 Å². The number of rotatable bonds is 7. The van der Waals surface area contributed by atoms with Gasteiger partial charge < -0.3 is 24.2 Å². The predicted molar refractivity (Wildman–Crippen MR) is 85.8 cm³/mol. The summed E-state index contributed by atoms with van der Waals surface area (Å²) in [6.07, 6.45) is -1.46. The van der Waals surface area contributed by atoms with Crippen molar-refractivity contribution in [1.29, 1.82) is 0 Å². The van der Waals surface area contributed by atoms with Gasteiger partial charge in [0, 0.05) is 24.8 Å². The Kier molecular flexibility index (Phi) is 6.86. The predicted octanol–water partition coefficient (Wildman–Crippen LogP) is 1.30. The van der Waals surface area contributed by atoms with Gasteiger partial charge in [-0.3, -0.25) is 4.79 Å². The molecule has 0 aliphatic carbocycles. The van der Waals surface area contributed by atoms with E-state index in [1.54, 1.807) is 6.92 Å². The number of carbonyl (C=O) groups excluding carboxylic acids is 1. The fourth-order valence-corrected chi connectivity index (χ4v) is 2.58. The lowest BCUT2D eigenvalue weighted by molar-refractivity contribution is -0.160. The van der Waals surface area contributed by atoms with Crippen LogP contribution in [-0.4, -0.2) is 67.5 Å². The lowest BCUT2D eigenvalue weighted by atomic mass is 10.1. The minimum Gasteiger partial charge on any atom is -0.479 e. The van der Waals surface area contributed by atoms with Crippen LogP contribution in [0, 0.1) is 5.82 Å². The number of aliphatic carboxylic acids is 1. The van der Waals surface area contributed by atoms with Crippen LogP contribution in [0.5, 0.6) is 0 Å². The maximum absolute atomic E-state index is 13.9. The van der Waals surface area contributed by atoms with E-state index in [1.807, 2.05) is 0 Å². The van der Waals surface area contributed by atoms with Gasteiger partial charge in [-0.25, -0.2) is 9.18 Å². The topological polar surface area (TPSA) is 85.3 Å². The summed E-state index contributed by atoms with van der Waals surface area (Å²) in [7, 11) is 1.54. The maximum Gasteiger partial charge on any atom is 0.334 e. The Morgan fingerprint density at radius 1 is 1.36 bits per heavy atom. The van der Waals surface area contributed by atoms with Crippen LogP contribution in [0.25, 0.3) is 0 Å². The lowest BCUT2D eigenvalue weighted by Crippen LogP contribution is -2.51. The average Bonchev–Trinajstić information content (AvgIpc) is 2.59. The molecule has 0 aromatic heterocycles. The molecule has 138 valence electrons. The summed E-state index contributed by atoms with van der Waals surface area (Å²) in [5, 5.41) is 9.11.